The fraction of sp³-hybridized carbons (Fsp3) is 1.00. The number of rotatable bonds is 17. The van der Waals surface area contributed by atoms with Crippen molar-refractivity contribution in [2.75, 3.05) is 0 Å². The molecule has 0 saturated carbocycles. The molecule has 0 aromatic rings. The highest BCUT2D eigenvalue weighted by Gasteiger charge is 1.97. The lowest BCUT2D eigenvalue weighted by molar-refractivity contribution is 0.470. The molecule has 32 heavy (non-hydrogen) atoms. The third kappa shape index (κ3) is 57.2. The normalized spacial score (nSPS) is 11.2. The molecule has 0 N–H and O–H groups in total. The third-order valence-corrected chi connectivity index (χ3v) is 6.20. The van der Waals surface area contributed by atoms with Crippen molar-refractivity contribution in [1.82, 2.24) is 0 Å². The summed E-state index contributed by atoms with van der Waals surface area (Å²) < 4.78 is 0. The van der Waals surface area contributed by atoms with Gasteiger partial charge in [0, 0.05) is 0 Å². The highest BCUT2D eigenvalue weighted by atomic mass is 14.0. The van der Waals surface area contributed by atoms with Gasteiger partial charge in [-0.25, -0.2) is 0 Å². The summed E-state index contributed by atoms with van der Waals surface area (Å²) >= 11 is 0. The van der Waals surface area contributed by atoms with Gasteiger partial charge in [-0.2, -0.15) is 0 Å². The van der Waals surface area contributed by atoms with E-state index in [4.69, 9.17) is 0 Å². The molecule has 0 aliphatic heterocycles. The van der Waals surface area contributed by atoms with Gasteiger partial charge >= 0.3 is 0 Å². The van der Waals surface area contributed by atoms with E-state index in [0.717, 1.165) is 17.8 Å². The number of unbranched alkanes of at least 4 members (excludes halogenated alkanes) is 11. The maximum absolute atomic E-state index is 2.38. The first-order valence-electron chi connectivity index (χ1n) is 15.3. The van der Waals surface area contributed by atoms with E-state index >= 15 is 0 Å². The molecule has 0 bridgehead atoms. The molecule has 0 aromatic heterocycles. The van der Waals surface area contributed by atoms with Gasteiger partial charge in [0.2, 0.25) is 0 Å². The first-order chi connectivity index (χ1) is 15.3. The Kier molecular flexibility index (Phi) is 46.9. The van der Waals surface area contributed by atoms with Crippen molar-refractivity contribution in [2.45, 2.75) is 192 Å². The Hall–Kier alpha value is 0. The van der Waals surface area contributed by atoms with Crippen LogP contribution in [0.25, 0.3) is 0 Å². The van der Waals surface area contributed by atoms with Gasteiger partial charge in [0.15, 0.2) is 0 Å². The van der Waals surface area contributed by atoms with Crippen LogP contribution < -0.4 is 0 Å². The molecular weight excluding hydrogens is 384 g/mol. The van der Waals surface area contributed by atoms with Crippen molar-refractivity contribution in [1.29, 1.82) is 0 Å². The molecule has 0 heterocycles. The molecule has 0 heteroatoms. The Bertz CT molecular complexity index is 251. The topological polar surface area (TPSA) is 0 Å². The fourth-order valence-electron chi connectivity index (χ4n) is 2.81. The minimum absolute atomic E-state index is 0.884. The van der Waals surface area contributed by atoms with E-state index in [0.29, 0.717) is 0 Å². The van der Waals surface area contributed by atoms with Gasteiger partial charge in [-0.1, -0.05) is 192 Å². The maximum atomic E-state index is 2.38. The van der Waals surface area contributed by atoms with Crippen molar-refractivity contribution in [3.8, 4) is 0 Å². The molecule has 0 aromatic carbocycles. The SMILES string of the molecule is CCC(C)C.CCCC.CCCCCCC(C)C.CCCCCCCCCCC(C)CC. The average molecular weight is 457 g/mol. The van der Waals surface area contributed by atoms with Crippen LogP contribution in [0.4, 0.5) is 0 Å². The van der Waals surface area contributed by atoms with Crippen molar-refractivity contribution in [2.24, 2.45) is 17.8 Å². The van der Waals surface area contributed by atoms with Gasteiger partial charge in [-0.15, -0.1) is 0 Å². The second kappa shape index (κ2) is 38.3. The third-order valence-electron chi connectivity index (χ3n) is 6.20. The maximum Gasteiger partial charge on any atom is -0.0445 e. The van der Waals surface area contributed by atoms with Crippen LogP contribution in [0.3, 0.4) is 0 Å². The van der Waals surface area contributed by atoms with Gasteiger partial charge in [-0.3, -0.25) is 0 Å². The van der Waals surface area contributed by atoms with Crippen LogP contribution in [0.5, 0.6) is 0 Å². The predicted octanol–water partition coefficient (Wildman–Crippen LogP) is 13.0. The molecule has 1 atom stereocenters. The highest BCUT2D eigenvalue weighted by Crippen LogP contribution is 2.14. The minimum atomic E-state index is 0.884. The standard InChI is InChI=1S/C14H30.C9H20.C5H12.C4H10/c1-4-6-7-8-9-10-11-12-13-14(3)5-2;1-4-5-6-7-8-9(2)3;1-4-5(2)3;1-3-4-2/h14H,4-13H2,1-3H3;9H,4-8H2,1-3H3;5H,4H2,1-3H3;3-4H2,1-2H3. The summed E-state index contributed by atoms with van der Waals surface area (Å²) in [5, 5.41) is 0. The highest BCUT2D eigenvalue weighted by molar-refractivity contribution is 4.51. The van der Waals surface area contributed by atoms with Crippen LogP contribution >= 0.6 is 0 Å². The quantitative estimate of drug-likeness (QED) is 0.191. The van der Waals surface area contributed by atoms with Crippen LogP contribution in [0.15, 0.2) is 0 Å². The van der Waals surface area contributed by atoms with Crippen LogP contribution in [0.2, 0.25) is 0 Å². The molecule has 0 aliphatic carbocycles. The second-order valence-electron chi connectivity index (χ2n) is 10.8. The Morgan fingerprint density at radius 3 is 1.00 bits per heavy atom. The van der Waals surface area contributed by atoms with Crippen LogP contribution in [0, 0.1) is 17.8 Å². The van der Waals surface area contributed by atoms with E-state index in [9.17, 15) is 0 Å². The molecule has 1 unspecified atom stereocenters. The zero-order valence-electron chi connectivity index (χ0n) is 25.5. The Morgan fingerprint density at radius 2 is 0.688 bits per heavy atom. The van der Waals surface area contributed by atoms with Crippen molar-refractivity contribution in [3.05, 3.63) is 0 Å². The Balaban J connectivity index is -0.000000186. The zero-order chi connectivity index (χ0) is 25.5. The van der Waals surface area contributed by atoms with E-state index < -0.39 is 0 Å². The fourth-order valence-corrected chi connectivity index (χ4v) is 2.81. The van der Waals surface area contributed by atoms with Gasteiger partial charge in [0.1, 0.15) is 0 Å². The van der Waals surface area contributed by atoms with E-state index in [1.54, 1.807) is 0 Å². The lowest BCUT2D eigenvalue weighted by Gasteiger charge is -2.07. The van der Waals surface area contributed by atoms with E-state index in [1.807, 2.05) is 0 Å². The van der Waals surface area contributed by atoms with Gasteiger partial charge in [-0.05, 0) is 17.8 Å². The average Bonchev–Trinajstić information content (AvgIpc) is 2.79. The second-order valence-corrected chi connectivity index (χ2v) is 10.8. The van der Waals surface area contributed by atoms with Crippen molar-refractivity contribution >= 4 is 0 Å². The molecule has 0 radical (unpaired) electrons. The predicted molar refractivity (Wildman–Crippen MR) is 156 cm³/mol. The summed E-state index contributed by atoms with van der Waals surface area (Å²) in [6.07, 6.45) is 25.4. The first-order valence-corrected chi connectivity index (χ1v) is 15.3. The summed E-state index contributed by atoms with van der Waals surface area (Å²) in [6, 6.07) is 0. The zero-order valence-corrected chi connectivity index (χ0v) is 25.5. The lowest BCUT2D eigenvalue weighted by atomic mass is 10.00. The molecule has 0 fully saturated rings. The van der Waals surface area contributed by atoms with Gasteiger partial charge in [0.05, 0.1) is 0 Å². The van der Waals surface area contributed by atoms with Gasteiger partial charge in [0.25, 0.3) is 0 Å². The monoisotopic (exact) mass is 457 g/mol. The Labute approximate surface area is 209 Å². The summed E-state index contributed by atoms with van der Waals surface area (Å²) in [5.41, 5.74) is 0. The molecular formula is C32H72. The largest absolute Gasteiger partial charge is 0.0654 e. The van der Waals surface area contributed by atoms with E-state index in [1.165, 1.54) is 116 Å². The molecule has 0 nitrogen and oxygen atoms in total. The lowest BCUT2D eigenvalue weighted by Crippen LogP contribution is -1.91. The van der Waals surface area contributed by atoms with E-state index in [2.05, 4.69) is 76.2 Å². The molecule has 0 amide bonds. The summed E-state index contributed by atoms with van der Waals surface area (Å²) in [6.45, 7) is 24.8. The molecule has 200 valence electrons. The summed E-state index contributed by atoms with van der Waals surface area (Å²) in [5.74, 6) is 2.74. The van der Waals surface area contributed by atoms with Crippen LogP contribution in [-0.4, -0.2) is 0 Å². The van der Waals surface area contributed by atoms with Crippen molar-refractivity contribution in [3.63, 3.8) is 0 Å². The summed E-state index contributed by atoms with van der Waals surface area (Å²) in [7, 11) is 0. The smallest absolute Gasteiger partial charge is 0.0445 e. The molecule has 0 spiro atoms. The molecule has 0 aliphatic rings. The summed E-state index contributed by atoms with van der Waals surface area (Å²) in [4.78, 5) is 0. The number of hydrogen-bond acceptors (Lipinski definition) is 0. The number of hydrogen-bond donors (Lipinski definition) is 0. The van der Waals surface area contributed by atoms with E-state index in [-0.39, 0.29) is 0 Å². The van der Waals surface area contributed by atoms with Crippen molar-refractivity contribution < 1.29 is 0 Å². The first kappa shape index (κ1) is 39.2. The Morgan fingerprint density at radius 1 is 0.344 bits per heavy atom. The van der Waals surface area contributed by atoms with Gasteiger partial charge < -0.3 is 0 Å². The molecule has 0 rings (SSSR count). The van der Waals surface area contributed by atoms with Crippen LogP contribution in [-0.2, 0) is 0 Å². The van der Waals surface area contributed by atoms with Crippen LogP contribution in [0.1, 0.15) is 192 Å². The minimum Gasteiger partial charge on any atom is -0.0654 e. The molecule has 0 saturated heterocycles.